The van der Waals surface area contributed by atoms with Gasteiger partial charge in [-0.2, -0.15) is 0 Å². The van der Waals surface area contributed by atoms with E-state index in [0.717, 1.165) is 23.6 Å². The van der Waals surface area contributed by atoms with Crippen LogP contribution in [0.5, 0.6) is 0 Å². The normalized spacial score (nSPS) is 10.3. The van der Waals surface area contributed by atoms with Crippen LogP contribution in [-0.4, -0.2) is 16.5 Å². The number of nitrogens with one attached hydrogen (secondary N) is 1. The molecule has 0 atom stereocenters. The number of rotatable bonds is 3. The van der Waals surface area contributed by atoms with E-state index in [9.17, 15) is 0 Å². The summed E-state index contributed by atoms with van der Waals surface area (Å²) in [6.07, 6.45) is 3.44. The lowest BCUT2D eigenvalue weighted by molar-refractivity contribution is 1.12. The van der Waals surface area contributed by atoms with Crippen molar-refractivity contribution >= 4 is 5.82 Å². The summed E-state index contributed by atoms with van der Waals surface area (Å²) < 4.78 is 0. The lowest BCUT2D eigenvalue weighted by Gasteiger charge is -2.09. The van der Waals surface area contributed by atoms with Gasteiger partial charge >= 0.3 is 0 Å². The van der Waals surface area contributed by atoms with Crippen molar-refractivity contribution in [3.63, 3.8) is 0 Å². The van der Waals surface area contributed by atoms with Crippen molar-refractivity contribution < 1.29 is 0 Å². The Kier molecular flexibility index (Phi) is 3.38. The van der Waals surface area contributed by atoms with E-state index in [1.807, 2.05) is 0 Å². The van der Waals surface area contributed by atoms with Crippen molar-refractivity contribution in [1.82, 2.24) is 9.97 Å². The summed E-state index contributed by atoms with van der Waals surface area (Å²) in [6.45, 7) is 7.09. The third kappa shape index (κ3) is 2.61. The minimum Gasteiger partial charge on any atom is -0.369 e. The van der Waals surface area contributed by atoms with E-state index in [-0.39, 0.29) is 0 Å². The molecular weight excluding hydrogens is 210 g/mol. The highest BCUT2D eigenvalue weighted by molar-refractivity contribution is 5.72. The molecule has 88 valence electrons. The predicted molar refractivity (Wildman–Crippen MR) is 71.1 cm³/mol. The maximum absolute atomic E-state index is 4.42. The largest absolute Gasteiger partial charge is 0.369 e. The summed E-state index contributed by atoms with van der Waals surface area (Å²) in [5, 5.41) is 3.24. The lowest BCUT2D eigenvalue weighted by atomic mass is 10.0. The zero-order valence-electron chi connectivity index (χ0n) is 10.5. The van der Waals surface area contributed by atoms with E-state index in [2.05, 4.69) is 54.3 Å². The molecule has 1 aromatic heterocycles. The summed E-state index contributed by atoms with van der Waals surface area (Å²) in [5.41, 5.74) is 4.52. The molecule has 1 heterocycles. The van der Waals surface area contributed by atoms with E-state index >= 15 is 0 Å². The molecule has 2 rings (SSSR count). The monoisotopic (exact) mass is 227 g/mol. The maximum Gasteiger partial charge on any atom is 0.152 e. The van der Waals surface area contributed by atoms with E-state index in [1.54, 1.807) is 12.4 Å². The van der Waals surface area contributed by atoms with Crippen LogP contribution in [0.25, 0.3) is 11.3 Å². The second-order valence-corrected chi connectivity index (χ2v) is 4.16. The highest BCUT2D eigenvalue weighted by Gasteiger charge is 2.07. The number of hydrogen-bond acceptors (Lipinski definition) is 3. The first-order chi connectivity index (χ1) is 8.20. The lowest BCUT2D eigenvalue weighted by Crippen LogP contribution is -2.02. The fraction of sp³-hybridized carbons (Fsp3) is 0.286. The van der Waals surface area contributed by atoms with Gasteiger partial charge in [-0.1, -0.05) is 17.2 Å². The Bertz CT molecular complexity index is 500. The molecule has 0 aliphatic carbocycles. The van der Waals surface area contributed by atoms with Gasteiger partial charge in [-0.3, -0.25) is 4.98 Å². The van der Waals surface area contributed by atoms with Gasteiger partial charge in [-0.05, 0) is 32.9 Å². The minimum atomic E-state index is 0.844. The van der Waals surface area contributed by atoms with Crippen LogP contribution in [0.15, 0.2) is 30.6 Å². The van der Waals surface area contributed by atoms with Crippen LogP contribution in [0.3, 0.4) is 0 Å². The summed E-state index contributed by atoms with van der Waals surface area (Å²) in [7, 11) is 0. The zero-order chi connectivity index (χ0) is 12.3. The van der Waals surface area contributed by atoms with E-state index in [1.165, 1.54) is 11.1 Å². The molecule has 0 saturated carbocycles. The van der Waals surface area contributed by atoms with Crippen molar-refractivity contribution in [2.45, 2.75) is 20.8 Å². The fourth-order valence-electron chi connectivity index (χ4n) is 1.96. The number of benzene rings is 1. The third-order valence-corrected chi connectivity index (χ3v) is 2.54. The molecule has 0 unspecified atom stereocenters. The van der Waals surface area contributed by atoms with E-state index < -0.39 is 0 Å². The number of aryl methyl sites for hydroxylation is 2. The first-order valence-corrected chi connectivity index (χ1v) is 5.84. The number of nitrogens with zero attached hydrogens (tertiary/aromatic N) is 2. The smallest absolute Gasteiger partial charge is 0.152 e. The molecule has 3 heteroatoms. The van der Waals surface area contributed by atoms with Crippen LogP contribution in [0.4, 0.5) is 5.82 Å². The van der Waals surface area contributed by atoms with Gasteiger partial charge in [0.15, 0.2) is 5.82 Å². The Labute approximate surface area is 102 Å². The molecule has 1 aromatic carbocycles. The Balaban J connectivity index is 2.51. The molecule has 0 bridgehead atoms. The fourth-order valence-corrected chi connectivity index (χ4v) is 1.96. The predicted octanol–water partition coefficient (Wildman–Crippen LogP) is 3.19. The quantitative estimate of drug-likeness (QED) is 0.875. The van der Waals surface area contributed by atoms with Crippen molar-refractivity contribution in [2.24, 2.45) is 0 Å². The summed E-state index contributed by atoms with van der Waals surface area (Å²) in [5.74, 6) is 0.847. The first-order valence-electron chi connectivity index (χ1n) is 5.84. The number of hydrogen-bond donors (Lipinski definition) is 1. The molecule has 0 amide bonds. The van der Waals surface area contributed by atoms with Gasteiger partial charge in [-0.25, -0.2) is 4.98 Å². The van der Waals surface area contributed by atoms with Crippen molar-refractivity contribution in [1.29, 1.82) is 0 Å². The highest BCUT2D eigenvalue weighted by Crippen LogP contribution is 2.25. The van der Waals surface area contributed by atoms with E-state index in [0.29, 0.717) is 0 Å². The van der Waals surface area contributed by atoms with Crippen molar-refractivity contribution in [3.8, 4) is 11.3 Å². The van der Waals surface area contributed by atoms with Crippen LogP contribution >= 0.6 is 0 Å². The Hall–Kier alpha value is -1.90. The summed E-state index contributed by atoms with van der Waals surface area (Å²) in [4.78, 5) is 8.76. The van der Waals surface area contributed by atoms with Gasteiger partial charge in [0.1, 0.15) is 5.69 Å². The highest BCUT2D eigenvalue weighted by atomic mass is 15.0. The van der Waals surface area contributed by atoms with Crippen LogP contribution in [0.1, 0.15) is 18.1 Å². The van der Waals surface area contributed by atoms with Crippen LogP contribution < -0.4 is 5.32 Å². The van der Waals surface area contributed by atoms with Gasteiger partial charge in [0.2, 0.25) is 0 Å². The SMILES string of the molecule is CCNc1nccnc1-c1cc(C)cc(C)c1. The van der Waals surface area contributed by atoms with Gasteiger partial charge in [0.05, 0.1) is 0 Å². The van der Waals surface area contributed by atoms with Crippen molar-refractivity contribution in [2.75, 3.05) is 11.9 Å². The molecule has 0 aliphatic heterocycles. The molecule has 1 N–H and O–H groups in total. The molecule has 0 saturated heterocycles. The van der Waals surface area contributed by atoms with Gasteiger partial charge < -0.3 is 5.32 Å². The Morgan fingerprint density at radius 3 is 2.29 bits per heavy atom. The standard InChI is InChI=1S/C14H17N3/c1-4-15-14-13(16-5-6-17-14)12-8-10(2)7-11(3)9-12/h5-9H,4H2,1-3H3,(H,15,17). The first kappa shape index (κ1) is 11.6. The minimum absolute atomic E-state index is 0.844. The molecule has 3 nitrogen and oxygen atoms in total. The second kappa shape index (κ2) is 4.95. The summed E-state index contributed by atoms with van der Waals surface area (Å²) in [6, 6.07) is 6.43. The maximum atomic E-state index is 4.42. The van der Waals surface area contributed by atoms with E-state index in [4.69, 9.17) is 0 Å². The van der Waals surface area contributed by atoms with Crippen LogP contribution in [-0.2, 0) is 0 Å². The molecule has 0 spiro atoms. The molecule has 0 aliphatic rings. The van der Waals surface area contributed by atoms with Gasteiger partial charge in [0.25, 0.3) is 0 Å². The van der Waals surface area contributed by atoms with Crippen molar-refractivity contribution in [3.05, 3.63) is 41.7 Å². The second-order valence-electron chi connectivity index (χ2n) is 4.16. The molecular formula is C14H17N3. The molecule has 17 heavy (non-hydrogen) atoms. The van der Waals surface area contributed by atoms with Gasteiger partial charge in [0, 0.05) is 24.5 Å². The summed E-state index contributed by atoms with van der Waals surface area (Å²) >= 11 is 0. The number of anilines is 1. The molecule has 0 radical (unpaired) electrons. The topological polar surface area (TPSA) is 37.8 Å². The average Bonchev–Trinajstić information content (AvgIpc) is 2.29. The van der Waals surface area contributed by atoms with Gasteiger partial charge in [-0.15, -0.1) is 0 Å². The Morgan fingerprint density at radius 1 is 1.00 bits per heavy atom. The third-order valence-electron chi connectivity index (χ3n) is 2.54. The molecule has 0 fully saturated rings. The van der Waals surface area contributed by atoms with Crippen LogP contribution in [0, 0.1) is 13.8 Å². The van der Waals surface area contributed by atoms with Crippen LogP contribution in [0.2, 0.25) is 0 Å². The average molecular weight is 227 g/mol. The molecule has 2 aromatic rings. The zero-order valence-corrected chi connectivity index (χ0v) is 10.5. The Morgan fingerprint density at radius 2 is 1.65 bits per heavy atom. The number of aromatic nitrogens is 2.